The van der Waals surface area contributed by atoms with Crippen LogP contribution in [0.1, 0.15) is 25.7 Å². The molecule has 0 unspecified atom stereocenters. The van der Waals surface area contributed by atoms with Crippen LogP contribution in [-0.4, -0.2) is 38.8 Å². The zero-order chi connectivity index (χ0) is 12.1. The first kappa shape index (κ1) is 15.3. The number of hydrogen-bond donors (Lipinski definition) is 3. The van der Waals surface area contributed by atoms with Crippen LogP contribution in [0.25, 0.3) is 0 Å². The number of unbranched alkanes of at least 4 members (excludes halogenated alkanes) is 2. The van der Waals surface area contributed by atoms with E-state index in [0.717, 1.165) is 32.4 Å². The third kappa shape index (κ3) is 13.3. The molecular formula is C10H23N3O3. The van der Waals surface area contributed by atoms with E-state index in [-0.39, 0.29) is 5.91 Å². The largest absolute Gasteiger partial charge is 0.378 e. The Kier molecular flexibility index (Phi) is 11.8. The van der Waals surface area contributed by atoms with E-state index in [1.807, 2.05) is 0 Å². The van der Waals surface area contributed by atoms with Crippen LogP contribution in [0.3, 0.4) is 0 Å². The fourth-order valence-corrected chi connectivity index (χ4v) is 1.20. The highest BCUT2D eigenvalue weighted by atomic mass is 16.6. The molecule has 0 rings (SSSR count). The van der Waals surface area contributed by atoms with Gasteiger partial charge in [0.2, 0.25) is 5.91 Å². The van der Waals surface area contributed by atoms with Crippen LogP contribution in [0.2, 0.25) is 0 Å². The summed E-state index contributed by atoms with van der Waals surface area (Å²) >= 11 is 0. The van der Waals surface area contributed by atoms with E-state index < -0.39 is 0 Å². The Bertz CT molecular complexity index is 167. The minimum Gasteiger partial charge on any atom is -0.378 e. The number of rotatable bonds is 12. The fraction of sp³-hybridized carbons (Fsp3) is 0.900. The van der Waals surface area contributed by atoms with Gasteiger partial charge in [-0.2, -0.15) is 0 Å². The van der Waals surface area contributed by atoms with Crippen LogP contribution in [-0.2, 0) is 14.4 Å². The van der Waals surface area contributed by atoms with Gasteiger partial charge in [-0.05, 0) is 19.4 Å². The number of nitrogens with two attached hydrogens (primary N) is 2. The zero-order valence-corrected chi connectivity index (χ0v) is 9.74. The molecule has 5 N–H and O–H groups in total. The van der Waals surface area contributed by atoms with Gasteiger partial charge in [0.05, 0.1) is 19.8 Å². The molecule has 0 saturated carbocycles. The molecule has 0 aliphatic heterocycles. The molecule has 0 aromatic carbocycles. The summed E-state index contributed by atoms with van der Waals surface area (Å²) < 4.78 is 5.20. The van der Waals surface area contributed by atoms with Gasteiger partial charge in [0.1, 0.15) is 0 Å². The number of carbonyl (C=O) groups excluding carboxylic acids is 1. The Labute approximate surface area is 96.6 Å². The van der Waals surface area contributed by atoms with Gasteiger partial charge in [0, 0.05) is 13.0 Å². The molecule has 0 aliphatic rings. The molecule has 0 saturated heterocycles. The minimum absolute atomic E-state index is 0.219. The molecule has 0 aromatic heterocycles. The Morgan fingerprint density at radius 3 is 2.56 bits per heavy atom. The molecule has 0 spiro atoms. The number of carbonyl (C=O) groups is 1. The van der Waals surface area contributed by atoms with E-state index in [0.29, 0.717) is 26.2 Å². The van der Waals surface area contributed by atoms with Crippen LogP contribution in [0, 0.1) is 0 Å². The van der Waals surface area contributed by atoms with Crippen molar-refractivity contribution in [3.63, 3.8) is 0 Å². The standard InChI is InChI=1S/C10H23N3O3/c11-10(14)4-2-1-3-5-13-6-7-15-8-9-16-12/h13H,1-9,12H2,(H2,11,14). The molecule has 0 fully saturated rings. The molecular weight excluding hydrogens is 210 g/mol. The Hall–Kier alpha value is -0.690. The number of amides is 1. The van der Waals surface area contributed by atoms with E-state index in [9.17, 15) is 4.79 Å². The molecule has 0 aromatic rings. The first-order valence-electron chi connectivity index (χ1n) is 5.66. The van der Waals surface area contributed by atoms with Crippen molar-refractivity contribution in [3.05, 3.63) is 0 Å². The van der Waals surface area contributed by atoms with Gasteiger partial charge in [-0.15, -0.1) is 0 Å². The van der Waals surface area contributed by atoms with Crippen molar-refractivity contribution in [1.29, 1.82) is 0 Å². The molecule has 1 amide bonds. The molecule has 0 radical (unpaired) electrons. The molecule has 16 heavy (non-hydrogen) atoms. The maximum Gasteiger partial charge on any atom is 0.217 e. The lowest BCUT2D eigenvalue weighted by molar-refractivity contribution is -0.118. The van der Waals surface area contributed by atoms with Gasteiger partial charge < -0.3 is 20.6 Å². The highest BCUT2D eigenvalue weighted by Crippen LogP contribution is 1.97. The van der Waals surface area contributed by atoms with E-state index in [2.05, 4.69) is 10.2 Å². The lowest BCUT2D eigenvalue weighted by Crippen LogP contribution is -2.22. The summed E-state index contributed by atoms with van der Waals surface area (Å²) in [6.07, 6.45) is 3.44. The summed E-state index contributed by atoms with van der Waals surface area (Å²) in [5, 5.41) is 3.24. The fourth-order valence-electron chi connectivity index (χ4n) is 1.20. The van der Waals surface area contributed by atoms with Crippen LogP contribution >= 0.6 is 0 Å². The maximum absolute atomic E-state index is 10.4. The summed E-state index contributed by atoms with van der Waals surface area (Å²) in [4.78, 5) is 14.8. The van der Waals surface area contributed by atoms with Gasteiger partial charge in [-0.25, -0.2) is 5.90 Å². The number of nitrogens with one attached hydrogen (secondary N) is 1. The van der Waals surface area contributed by atoms with Crippen LogP contribution in [0.4, 0.5) is 0 Å². The second kappa shape index (κ2) is 12.4. The quantitative estimate of drug-likeness (QED) is 0.312. The maximum atomic E-state index is 10.4. The van der Waals surface area contributed by atoms with E-state index >= 15 is 0 Å². The molecule has 0 aliphatic carbocycles. The van der Waals surface area contributed by atoms with Crippen molar-refractivity contribution in [2.24, 2.45) is 11.6 Å². The van der Waals surface area contributed by atoms with Crippen molar-refractivity contribution in [2.75, 3.05) is 32.9 Å². The highest BCUT2D eigenvalue weighted by Gasteiger charge is 1.94. The smallest absolute Gasteiger partial charge is 0.217 e. The predicted molar refractivity (Wildman–Crippen MR) is 61.5 cm³/mol. The number of hydrogen-bond acceptors (Lipinski definition) is 5. The van der Waals surface area contributed by atoms with Crippen LogP contribution < -0.4 is 16.9 Å². The lowest BCUT2D eigenvalue weighted by atomic mass is 10.2. The number of ether oxygens (including phenoxy) is 1. The second-order valence-corrected chi connectivity index (χ2v) is 3.51. The van der Waals surface area contributed by atoms with Crippen molar-refractivity contribution < 1.29 is 14.4 Å². The average Bonchev–Trinajstić information content (AvgIpc) is 2.25. The molecule has 0 bridgehead atoms. The molecule has 6 heteroatoms. The van der Waals surface area contributed by atoms with Crippen molar-refractivity contribution in [2.45, 2.75) is 25.7 Å². The third-order valence-corrected chi connectivity index (χ3v) is 2.05. The first-order valence-corrected chi connectivity index (χ1v) is 5.66. The van der Waals surface area contributed by atoms with E-state index in [1.54, 1.807) is 0 Å². The minimum atomic E-state index is -0.219. The van der Waals surface area contributed by atoms with Crippen molar-refractivity contribution in [1.82, 2.24) is 5.32 Å². The summed E-state index contributed by atoms with van der Waals surface area (Å²) in [6, 6.07) is 0. The van der Waals surface area contributed by atoms with E-state index in [1.165, 1.54) is 0 Å². The normalized spacial score (nSPS) is 10.6. The summed E-state index contributed by atoms with van der Waals surface area (Å²) in [6.45, 7) is 3.37. The van der Waals surface area contributed by atoms with Crippen LogP contribution in [0.5, 0.6) is 0 Å². The Morgan fingerprint density at radius 2 is 1.88 bits per heavy atom. The molecule has 96 valence electrons. The van der Waals surface area contributed by atoms with Crippen molar-refractivity contribution >= 4 is 5.91 Å². The molecule has 6 nitrogen and oxygen atoms in total. The molecule has 0 atom stereocenters. The highest BCUT2D eigenvalue weighted by molar-refractivity contribution is 5.73. The second-order valence-electron chi connectivity index (χ2n) is 3.51. The van der Waals surface area contributed by atoms with Gasteiger partial charge in [-0.1, -0.05) is 6.42 Å². The van der Waals surface area contributed by atoms with Gasteiger partial charge in [-0.3, -0.25) is 4.79 Å². The average molecular weight is 233 g/mol. The molecule has 0 heterocycles. The predicted octanol–water partition coefficient (Wildman–Crippen LogP) is -0.471. The number of primary amides is 1. The summed E-state index contributed by atoms with van der Waals surface area (Å²) in [5.41, 5.74) is 5.02. The Morgan fingerprint density at radius 1 is 1.06 bits per heavy atom. The summed E-state index contributed by atoms with van der Waals surface area (Å²) in [7, 11) is 0. The monoisotopic (exact) mass is 233 g/mol. The third-order valence-electron chi connectivity index (χ3n) is 2.05. The van der Waals surface area contributed by atoms with Crippen molar-refractivity contribution in [3.8, 4) is 0 Å². The SMILES string of the molecule is NOCCOCCNCCCCCC(N)=O. The van der Waals surface area contributed by atoms with Crippen LogP contribution in [0.15, 0.2) is 0 Å². The lowest BCUT2D eigenvalue weighted by Gasteiger charge is -2.05. The first-order chi connectivity index (χ1) is 7.77. The van der Waals surface area contributed by atoms with E-state index in [4.69, 9.17) is 16.4 Å². The topological polar surface area (TPSA) is 99.6 Å². The van der Waals surface area contributed by atoms with Gasteiger partial charge in [0.25, 0.3) is 0 Å². The van der Waals surface area contributed by atoms with Gasteiger partial charge in [0.15, 0.2) is 0 Å². The zero-order valence-electron chi connectivity index (χ0n) is 9.74. The van der Waals surface area contributed by atoms with Gasteiger partial charge >= 0.3 is 0 Å². The Balaban J connectivity index is 2.90. The summed E-state index contributed by atoms with van der Waals surface area (Å²) in [5.74, 6) is 4.61.